The maximum Gasteiger partial charge on any atom is 0.255 e. The van der Waals surface area contributed by atoms with E-state index in [1.807, 2.05) is 42.5 Å². The lowest BCUT2D eigenvalue weighted by Crippen LogP contribution is -2.11. The number of halogens is 1. The lowest BCUT2D eigenvalue weighted by atomic mass is 10.0. The topological polar surface area (TPSA) is 55.1 Å². The summed E-state index contributed by atoms with van der Waals surface area (Å²) in [7, 11) is 0. The molecule has 5 heteroatoms. The van der Waals surface area contributed by atoms with Crippen molar-refractivity contribution >= 4 is 38.6 Å². The average Bonchev–Trinajstić information content (AvgIpc) is 3.11. The maximum atomic E-state index is 12.3. The van der Waals surface area contributed by atoms with Gasteiger partial charge in [0.05, 0.1) is 0 Å². The predicted molar refractivity (Wildman–Crippen MR) is 119 cm³/mol. The summed E-state index contributed by atoms with van der Waals surface area (Å²) >= 11 is 3.37. The van der Waals surface area contributed by atoms with Gasteiger partial charge in [-0.2, -0.15) is 0 Å². The normalized spacial score (nSPS) is 11.2. The van der Waals surface area contributed by atoms with Gasteiger partial charge >= 0.3 is 0 Å². The van der Waals surface area contributed by atoms with E-state index < -0.39 is 0 Å². The lowest BCUT2D eigenvalue weighted by Gasteiger charge is -2.06. The molecule has 4 aromatic rings. The molecular weight excluding hydrogens is 428 g/mol. The van der Waals surface area contributed by atoms with Crippen LogP contribution in [0.1, 0.15) is 47.1 Å². The number of fused-ring (bicyclic) bond motifs is 1. The van der Waals surface area contributed by atoms with Gasteiger partial charge in [0, 0.05) is 22.1 Å². The summed E-state index contributed by atoms with van der Waals surface area (Å²) in [4.78, 5) is 17.0. The van der Waals surface area contributed by atoms with Crippen molar-refractivity contribution in [1.29, 1.82) is 0 Å². The Morgan fingerprint density at radius 3 is 2.45 bits per heavy atom. The Hall–Kier alpha value is -2.92. The maximum absolute atomic E-state index is 12.3. The number of oxazole rings is 1. The minimum absolute atomic E-state index is 0.134. The molecule has 0 aliphatic heterocycles. The molecule has 0 aliphatic rings. The third-order valence-corrected chi connectivity index (χ3v) is 5.32. The van der Waals surface area contributed by atoms with Gasteiger partial charge in [-0.3, -0.25) is 4.79 Å². The summed E-state index contributed by atoms with van der Waals surface area (Å²) in [6.45, 7) is 4.33. The first-order chi connectivity index (χ1) is 14.0. The second-order valence-corrected chi connectivity index (χ2v) is 8.24. The summed E-state index contributed by atoms with van der Waals surface area (Å²) in [5.74, 6) is 1.01. The molecule has 146 valence electrons. The van der Waals surface area contributed by atoms with Crippen molar-refractivity contribution in [2.24, 2.45) is 0 Å². The van der Waals surface area contributed by atoms with E-state index in [9.17, 15) is 4.79 Å². The summed E-state index contributed by atoms with van der Waals surface area (Å²) in [6.07, 6.45) is 0.604. The Balaban J connectivity index is 1.44. The number of anilines is 1. The molecule has 0 saturated carbocycles. The number of hydrogen-bond acceptors (Lipinski definition) is 3. The first kappa shape index (κ1) is 19.4. The minimum Gasteiger partial charge on any atom is -0.440 e. The van der Waals surface area contributed by atoms with Crippen LogP contribution in [0.4, 0.5) is 5.69 Å². The van der Waals surface area contributed by atoms with Crippen molar-refractivity contribution in [3.8, 4) is 0 Å². The molecule has 0 unspecified atom stereocenters. The monoisotopic (exact) mass is 448 g/mol. The van der Waals surface area contributed by atoms with Crippen LogP contribution in [-0.4, -0.2) is 10.9 Å². The zero-order chi connectivity index (χ0) is 20.4. The van der Waals surface area contributed by atoms with E-state index >= 15 is 0 Å². The van der Waals surface area contributed by atoms with Crippen LogP contribution in [0.5, 0.6) is 0 Å². The number of carbonyl (C=O) groups excluding carboxylic acids is 1. The van der Waals surface area contributed by atoms with Gasteiger partial charge in [0.15, 0.2) is 11.5 Å². The second kappa shape index (κ2) is 8.21. The summed E-state index contributed by atoms with van der Waals surface area (Å²) in [6, 6.07) is 21.2. The molecule has 0 atom stereocenters. The van der Waals surface area contributed by atoms with Gasteiger partial charge in [-0.15, -0.1) is 0 Å². The van der Waals surface area contributed by atoms with Crippen LogP contribution >= 0.6 is 15.9 Å². The highest BCUT2D eigenvalue weighted by molar-refractivity contribution is 9.10. The van der Waals surface area contributed by atoms with E-state index in [0.717, 1.165) is 26.8 Å². The van der Waals surface area contributed by atoms with Crippen LogP contribution in [0.2, 0.25) is 0 Å². The second-order valence-electron chi connectivity index (χ2n) is 7.32. The summed E-state index contributed by atoms with van der Waals surface area (Å²) in [5, 5.41) is 2.91. The largest absolute Gasteiger partial charge is 0.440 e. The molecule has 0 saturated heterocycles. The smallest absolute Gasteiger partial charge is 0.255 e. The van der Waals surface area contributed by atoms with Gasteiger partial charge in [0.2, 0.25) is 0 Å². The molecule has 0 bridgehead atoms. The van der Waals surface area contributed by atoms with Gasteiger partial charge in [-0.05, 0) is 65.6 Å². The standard InChI is InChI=1S/C24H21BrN2O2/c1-15(2)18-7-12-22-21(14-18)27-23(29-22)13-16-3-10-20(11-4-16)26-24(28)17-5-8-19(25)9-6-17/h3-12,14-15H,13H2,1-2H3,(H,26,28). The minimum atomic E-state index is -0.134. The van der Waals surface area contributed by atoms with E-state index in [-0.39, 0.29) is 5.91 Å². The average molecular weight is 449 g/mol. The van der Waals surface area contributed by atoms with Gasteiger partial charge < -0.3 is 9.73 Å². The van der Waals surface area contributed by atoms with Gasteiger partial charge in [-0.25, -0.2) is 4.98 Å². The first-order valence-corrected chi connectivity index (χ1v) is 10.3. The SMILES string of the molecule is CC(C)c1ccc2oc(Cc3ccc(NC(=O)c4ccc(Br)cc4)cc3)nc2c1. The fourth-order valence-electron chi connectivity index (χ4n) is 3.11. The number of rotatable bonds is 5. The number of amides is 1. The molecule has 1 N–H and O–H groups in total. The molecule has 1 aromatic heterocycles. The Kier molecular flexibility index (Phi) is 5.49. The van der Waals surface area contributed by atoms with Gasteiger partial charge in [0.1, 0.15) is 5.52 Å². The quantitative estimate of drug-likeness (QED) is 0.376. The van der Waals surface area contributed by atoms with Gasteiger partial charge in [0.25, 0.3) is 5.91 Å². The van der Waals surface area contributed by atoms with Crippen LogP contribution in [0, 0.1) is 0 Å². The van der Waals surface area contributed by atoms with Gasteiger partial charge in [-0.1, -0.05) is 48.0 Å². The van der Waals surface area contributed by atoms with E-state index in [1.54, 1.807) is 12.1 Å². The molecule has 4 rings (SSSR count). The summed E-state index contributed by atoms with van der Waals surface area (Å²) < 4.78 is 6.83. The summed E-state index contributed by atoms with van der Waals surface area (Å²) in [5.41, 5.74) is 5.39. The van der Waals surface area contributed by atoms with Crippen molar-refractivity contribution < 1.29 is 9.21 Å². The van der Waals surface area contributed by atoms with Crippen LogP contribution < -0.4 is 5.32 Å². The molecule has 0 spiro atoms. The zero-order valence-electron chi connectivity index (χ0n) is 16.3. The number of nitrogens with zero attached hydrogens (tertiary/aromatic N) is 1. The molecule has 4 nitrogen and oxygen atoms in total. The van der Waals surface area contributed by atoms with Crippen LogP contribution in [0.25, 0.3) is 11.1 Å². The Morgan fingerprint density at radius 2 is 1.76 bits per heavy atom. The highest BCUT2D eigenvalue weighted by atomic mass is 79.9. The van der Waals surface area contributed by atoms with E-state index in [4.69, 9.17) is 4.42 Å². The highest BCUT2D eigenvalue weighted by Gasteiger charge is 2.10. The molecular formula is C24H21BrN2O2. The third-order valence-electron chi connectivity index (χ3n) is 4.80. The van der Waals surface area contributed by atoms with E-state index in [2.05, 4.69) is 52.2 Å². The third kappa shape index (κ3) is 4.57. The van der Waals surface area contributed by atoms with Crippen molar-refractivity contribution in [3.05, 3.63) is 93.8 Å². The molecule has 1 heterocycles. The first-order valence-electron chi connectivity index (χ1n) is 9.53. The van der Waals surface area contributed by atoms with E-state index in [1.165, 1.54) is 5.56 Å². The molecule has 0 aliphatic carbocycles. The van der Waals surface area contributed by atoms with Crippen molar-refractivity contribution in [1.82, 2.24) is 4.98 Å². The Bertz CT molecular complexity index is 1150. The van der Waals surface area contributed by atoms with Crippen LogP contribution in [0.3, 0.4) is 0 Å². The number of hydrogen-bond donors (Lipinski definition) is 1. The van der Waals surface area contributed by atoms with Crippen LogP contribution in [-0.2, 0) is 6.42 Å². The molecule has 3 aromatic carbocycles. The van der Waals surface area contributed by atoms with Crippen molar-refractivity contribution in [3.63, 3.8) is 0 Å². The van der Waals surface area contributed by atoms with Crippen molar-refractivity contribution in [2.75, 3.05) is 5.32 Å². The molecule has 0 radical (unpaired) electrons. The fraction of sp³-hybridized carbons (Fsp3) is 0.167. The molecule has 29 heavy (non-hydrogen) atoms. The highest BCUT2D eigenvalue weighted by Crippen LogP contribution is 2.23. The number of carbonyl (C=O) groups is 1. The Labute approximate surface area is 178 Å². The number of benzene rings is 3. The predicted octanol–water partition coefficient (Wildman–Crippen LogP) is 6.56. The molecule has 1 amide bonds. The lowest BCUT2D eigenvalue weighted by molar-refractivity contribution is 0.102. The Morgan fingerprint density at radius 1 is 1.03 bits per heavy atom. The van der Waals surface area contributed by atoms with E-state index in [0.29, 0.717) is 23.8 Å². The van der Waals surface area contributed by atoms with Crippen molar-refractivity contribution in [2.45, 2.75) is 26.2 Å². The number of nitrogens with one attached hydrogen (secondary N) is 1. The number of aromatic nitrogens is 1. The fourth-order valence-corrected chi connectivity index (χ4v) is 3.38. The molecule has 0 fully saturated rings. The van der Waals surface area contributed by atoms with Crippen LogP contribution in [0.15, 0.2) is 75.6 Å². The zero-order valence-corrected chi connectivity index (χ0v) is 17.9.